The van der Waals surface area contributed by atoms with Crippen LogP contribution in [0.25, 0.3) is 11.6 Å². The number of rotatable bonds is 1. The molecule has 0 aliphatic carbocycles. The van der Waals surface area contributed by atoms with Crippen LogP contribution in [0.4, 0.5) is 5.69 Å². The fourth-order valence-corrected chi connectivity index (χ4v) is 2.33. The van der Waals surface area contributed by atoms with Crippen LogP contribution >= 0.6 is 23.2 Å². The highest BCUT2D eigenvalue weighted by atomic mass is 35.5. The van der Waals surface area contributed by atoms with Crippen LogP contribution in [0.1, 0.15) is 11.1 Å². The number of hydrogen-bond donors (Lipinski definition) is 1. The molecule has 0 atom stereocenters. The maximum atomic E-state index is 12.0. The molecule has 0 unspecified atom stereocenters. The number of halogens is 2. The van der Waals surface area contributed by atoms with Gasteiger partial charge < -0.3 is 5.32 Å². The first-order valence-corrected chi connectivity index (χ1v) is 6.47. The summed E-state index contributed by atoms with van der Waals surface area (Å²) in [7, 11) is 0. The Labute approximate surface area is 120 Å². The molecule has 1 heterocycles. The fourth-order valence-electron chi connectivity index (χ4n) is 2.03. The molecule has 3 rings (SSSR count). The smallest absolute Gasteiger partial charge is 0.256 e. The Morgan fingerprint density at radius 1 is 0.947 bits per heavy atom. The van der Waals surface area contributed by atoms with Gasteiger partial charge in [-0.3, -0.25) is 4.79 Å². The van der Waals surface area contributed by atoms with Crippen molar-refractivity contribution in [2.45, 2.75) is 0 Å². The number of hydrogen-bond acceptors (Lipinski definition) is 1. The van der Waals surface area contributed by atoms with E-state index in [1.54, 1.807) is 30.3 Å². The number of anilines is 1. The van der Waals surface area contributed by atoms with Crippen LogP contribution in [0.5, 0.6) is 0 Å². The molecule has 0 radical (unpaired) electrons. The molecular weight excluding hydrogens is 281 g/mol. The van der Waals surface area contributed by atoms with Gasteiger partial charge in [-0.25, -0.2) is 0 Å². The molecule has 0 saturated carbocycles. The van der Waals surface area contributed by atoms with Gasteiger partial charge in [-0.1, -0.05) is 35.3 Å². The third-order valence-corrected chi connectivity index (χ3v) is 3.43. The van der Waals surface area contributed by atoms with Crippen molar-refractivity contribution >= 4 is 46.4 Å². The van der Waals surface area contributed by atoms with Crippen molar-refractivity contribution < 1.29 is 4.79 Å². The first kappa shape index (κ1) is 12.3. The molecule has 1 aliphatic heterocycles. The van der Waals surface area contributed by atoms with Crippen LogP contribution in [0.3, 0.4) is 0 Å². The molecule has 4 heteroatoms. The molecule has 0 saturated heterocycles. The lowest BCUT2D eigenvalue weighted by molar-refractivity contribution is -0.110. The summed E-state index contributed by atoms with van der Waals surface area (Å²) >= 11 is 11.8. The average Bonchev–Trinajstić information content (AvgIpc) is 2.69. The highest BCUT2D eigenvalue weighted by Gasteiger charge is 2.23. The van der Waals surface area contributed by atoms with Gasteiger partial charge in [0.05, 0.1) is 0 Å². The molecule has 1 aliphatic rings. The lowest BCUT2D eigenvalue weighted by Gasteiger charge is -1.99. The summed E-state index contributed by atoms with van der Waals surface area (Å²) in [6.07, 6.45) is 1.83. The molecule has 2 nitrogen and oxygen atoms in total. The molecule has 2 aromatic rings. The summed E-state index contributed by atoms with van der Waals surface area (Å²) in [6, 6.07) is 12.7. The van der Waals surface area contributed by atoms with Crippen LogP contribution < -0.4 is 5.32 Å². The van der Waals surface area contributed by atoms with Gasteiger partial charge >= 0.3 is 0 Å². The highest BCUT2D eigenvalue weighted by Crippen LogP contribution is 2.34. The van der Waals surface area contributed by atoms with E-state index in [1.807, 2.05) is 18.2 Å². The van der Waals surface area contributed by atoms with Crippen molar-refractivity contribution in [2.75, 3.05) is 5.32 Å². The Morgan fingerprint density at radius 2 is 1.63 bits per heavy atom. The van der Waals surface area contributed by atoms with Crippen molar-refractivity contribution in [3.63, 3.8) is 0 Å². The van der Waals surface area contributed by atoms with Gasteiger partial charge in [0, 0.05) is 26.9 Å². The van der Waals surface area contributed by atoms with Gasteiger partial charge in [-0.05, 0) is 42.0 Å². The van der Waals surface area contributed by atoms with Crippen LogP contribution in [-0.2, 0) is 4.79 Å². The summed E-state index contributed by atoms with van der Waals surface area (Å²) in [4.78, 5) is 12.0. The molecule has 94 valence electrons. The minimum atomic E-state index is -0.118. The lowest BCUT2D eigenvalue weighted by Crippen LogP contribution is -2.03. The fraction of sp³-hybridized carbons (Fsp3) is 0. The van der Waals surface area contributed by atoms with Crippen molar-refractivity contribution in [3.05, 3.63) is 63.6 Å². The van der Waals surface area contributed by atoms with E-state index >= 15 is 0 Å². The predicted molar refractivity (Wildman–Crippen MR) is 79.4 cm³/mol. The van der Waals surface area contributed by atoms with Gasteiger partial charge in [0.1, 0.15) is 0 Å². The Balaban J connectivity index is 2.08. The molecule has 0 aromatic heterocycles. The topological polar surface area (TPSA) is 29.1 Å². The van der Waals surface area contributed by atoms with Crippen molar-refractivity contribution in [3.8, 4) is 0 Å². The Hall–Kier alpha value is -1.77. The van der Waals surface area contributed by atoms with Gasteiger partial charge in [0.25, 0.3) is 5.91 Å². The van der Waals surface area contributed by atoms with E-state index in [0.717, 1.165) is 16.8 Å². The summed E-state index contributed by atoms with van der Waals surface area (Å²) < 4.78 is 0. The number of carbonyl (C=O) groups excluding carboxylic acids is 1. The third-order valence-electron chi connectivity index (χ3n) is 2.95. The minimum absolute atomic E-state index is 0.118. The number of nitrogens with one attached hydrogen (secondary N) is 1. The third kappa shape index (κ3) is 2.37. The maximum Gasteiger partial charge on any atom is 0.256 e. The molecule has 0 spiro atoms. The standard InChI is InChI=1S/C15H9Cl2NO/c16-10-3-1-9(2-4-10)7-13-12-8-11(17)5-6-14(12)18-15(13)19/h1-8H,(H,18,19)/b13-7-. The molecule has 1 amide bonds. The molecule has 2 aromatic carbocycles. The summed E-state index contributed by atoms with van der Waals surface area (Å²) in [5.74, 6) is -0.118. The minimum Gasteiger partial charge on any atom is -0.321 e. The normalized spacial score (nSPS) is 15.5. The van der Waals surface area contributed by atoms with Gasteiger partial charge in [-0.2, -0.15) is 0 Å². The largest absolute Gasteiger partial charge is 0.321 e. The summed E-state index contributed by atoms with van der Waals surface area (Å²) in [6.45, 7) is 0. The van der Waals surface area contributed by atoms with E-state index in [-0.39, 0.29) is 5.91 Å². The Kier molecular flexibility index (Phi) is 3.05. The second-order valence-corrected chi connectivity index (χ2v) is 5.13. The first-order chi connectivity index (χ1) is 9.13. The van der Waals surface area contributed by atoms with E-state index < -0.39 is 0 Å². The second-order valence-electron chi connectivity index (χ2n) is 4.25. The van der Waals surface area contributed by atoms with Crippen LogP contribution in [0, 0.1) is 0 Å². The van der Waals surface area contributed by atoms with Crippen molar-refractivity contribution in [1.82, 2.24) is 0 Å². The number of fused-ring (bicyclic) bond motifs is 1. The number of benzene rings is 2. The zero-order valence-electron chi connectivity index (χ0n) is 9.78. The predicted octanol–water partition coefficient (Wildman–Crippen LogP) is 4.49. The van der Waals surface area contributed by atoms with Gasteiger partial charge in [-0.15, -0.1) is 0 Å². The van der Waals surface area contributed by atoms with E-state index in [9.17, 15) is 4.79 Å². The number of carbonyl (C=O) groups is 1. The monoisotopic (exact) mass is 289 g/mol. The van der Waals surface area contributed by atoms with Crippen molar-refractivity contribution in [2.24, 2.45) is 0 Å². The average molecular weight is 290 g/mol. The quantitative estimate of drug-likeness (QED) is 0.770. The molecule has 0 fully saturated rings. The molecule has 0 bridgehead atoms. The summed E-state index contributed by atoms with van der Waals surface area (Å²) in [5, 5.41) is 4.09. The van der Waals surface area contributed by atoms with E-state index in [4.69, 9.17) is 23.2 Å². The maximum absolute atomic E-state index is 12.0. The second kappa shape index (κ2) is 4.72. The highest BCUT2D eigenvalue weighted by molar-refractivity contribution is 6.36. The van der Waals surface area contributed by atoms with Gasteiger partial charge in [0.2, 0.25) is 0 Å². The van der Waals surface area contributed by atoms with Crippen molar-refractivity contribution in [1.29, 1.82) is 0 Å². The Morgan fingerprint density at radius 3 is 2.37 bits per heavy atom. The SMILES string of the molecule is O=C1Nc2ccc(Cl)cc2/C1=C/c1ccc(Cl)cc1. The van der Waals surface area contributed by atoms with E-state index in [2.05, 4.69) is 5.32 Å². The number of amides is 1. The zero-order valence-corrected chi connectivity index (χ0v) is 11.3. The lowest BCUT2D eigenvalue weighted by atomic mass is 10.0. The Bertz CT molecular complexity index is 690. The van der Waals surface area contributed by atoms with Gasteiger partial charge in [0.15, 0.2) is 0 Å². The van der Waals surface area contributed by atoms with E-state index in [1.165, 1.54) is 0 Å². The summed E-state index contributed by atoms with van der Waals surface area (Å²) in [5.41, 5.74) is 3.14. The molecule has 1 N–H and O–H groups in total. The molecular formula is C15H9Cl2NO. The van der Waals surface area contributed by atoms with E-state index in [0.29, 0.717) is 15.6 Å². The zero-order chi connectivity index (χ0) is 13.4. The first-order valence-electron chi connectivity index (χ1n) is 5.72. The van der Waals surface area contributed by atoms with Crippen LogP contribution in [0.2, 0.25) is 10.0 Å². The molecule has 19 heavy (non-hydrogen) atoms. The van der Waals surface area contributed by atoms with Crippen LogP contribution in [0.15, 0.2) is 42.5 Å². The van der Waals surface area contributed by atoms with Crippen LogP contribution in [-0.4, -0.2) is 5.91 Å².